The summed E-state index contributed by atoms with van der Waals surface area (Å²) < 4.78 is 0. The number of carbonyl (C=O) groups excluding carboxylic acids is 1. The number of hydrogen-bond donors (Lipinski definition) is 1. The molecule has 1 aliphatic carbocycles. The molecule has 1 N–H and O–H groups in total. The van der Waals surface area contributed by atoms with Gasteiger partial charge in [0.1, 0.15) is 6.07 Å². The zero-order valence-corrected chi connectivity index (χ0v) is 12.7. The number of nitrogens with zero attached hydrogens (tertiary/aromatic N) is 2. The number of fused-ring (bicyclic) bond motifs is 1. The Labute approximate surface area is 131 Å². The standard InChI is InChI=1S/C15H12ClN3OS/c16-13-9(6-17)2-1-3-10(13)7-18-15(20)11-4-5-12-14(11)21-8-19-12/h1-3,8,11H,4-5,7H2,(H,18,20). The molecule has 4 nitrogen and oxygen atoms in total. The third kappa shape index (κ3) is 2.65. The lowest BCUT2D eigenvalue weighted by Gasteiger charge is -2.12. The van der Waals surface area contributed by atoms with Gasteiger partial charge in [-0.25, -0.2) is 4.98 Å². The molecule has 1 aliphatic rings. The molecule has 1 amide bonds. The third-order valence-corrected chi connectivity index (χ3v) is 5.06. The zero-order chi connectivity index (χ0) is 14.8. The molecule has 0 saturated heterocycles. The van der Waals surface area contributed by atoms with Crippen LogP contribution in [-0.4, -0.2) is 10.9 Å². The molecule has 106 valence electrons. The summed E-state index contributed by atoms with van der Waals surface area (Å²) in [5.41, 5.74) is 4.02. The maximum atomic E-state index is 12.3. The van der Waals surface area contributed by atoms with Crippen molar-refractivity contribution in [3.05, 3.63) is 50.4 Å². The largest absolute Gasteiger partial charge is 0.351 e. The molecular formula is C15H12ClN3OS. The summed E-state index contributed by atoms with van der Waals surface area (Å²) in [4.78, 5) is 17.6. The van der Waals surface area contributed by atoms with Gasteiger partial charge in [-0.3, -0.25) is 4.79 Å². The number of nitriles is 1. The van der Waals surface area contributed by atoms with E-state index in [1.54, 1.807) is 17.6 Å². The number of rotatable bonds is 3. The number of halogens is 1. The smallest absolute Gasteiger partial charge is 0.228 e. The second-order valence-corrected chi connectivity index (χ2v) is 6.13. The molecule has 6 heteroatoms. The molecule has 3 rings (SSSR count). The highest BCUT2D eigenvalue weighted by Crippen LogP contribution is 2.35. The Bertz CT molecular complexity index is 735. The molecule has 0 spiro atoms. The first-order valence-electron chi connectivity index (χ1n) is 6.58. The molecule has 0 bridgehead atoms. The van der Waals surface area contributed by atoms with Crippen LogP contribution >= 0.6 is 22.9 Å². The van der Waals surface area contributed by atoms with Crippen molar-refractivity contribution in [1.82, 2.24) is 10.3 Å². The van der Waals surface area contributed by atoms with E-state index in [9.17, 15) is 4.79 Å². The monoisotopic (exact) mass is 317 g/mol. The molecule has 21 heavy (non-hydrogen) atoms. The second-order valence-electron chi connectivity index (χ2n) is 4.86. The van der Waals surface area contributed by atoms with Crippen LogP contribution in [0.5, 0.6) is 0 Å². The van der Waals surface area contributed by atoms with E-state index in [4.69, 9.17) is 16.9 Å². The van der Waals surface area contributed by atoms with Gasteiger partial charge >= 0.3 is 0 Å². The molecule has 1 heterocycles. The van der Waals surface area contributed by atoms with Crippen molar-refractivity contribution in [3.63, 3.8) is 0 Å². The van der Waals surface area contributed by atoms with Crippen molar-refractivity contribution in [2.24, 2.45) is 0 Å². The van der Waals surface area contributed by atoms with Crippen LogP contribution in [0.25, 0.3) is 0 Å². The van der Waals surface area contributed by atoms with Crippen LogP contribution in [0, 0.1) is 11.3 Å². The molecule has 0 radical (unpaired) electrons. The topological polar surface area (TPSA) is 65.8 Å². The number of aromatic nitrogens is 1. The van der Waals surface area contributed by atoms with E-state index < -0.39 is 0 Å². The number of amides is 1. The minimum atomic E-state index is -0.106. The van der Waals surface area contributed by atoms with Crippen LogP contribution in [0.15, 0.2) is 23.7 Å². The number of nitrogens with one attached hydrogen (secondary N) is 1. The number of hydrogen-bond acceptors (Lipinski definition) is 4. The molecule has 1 atom stereocenters. The highest BCUT2D eigenvalue weighted by molar-refractivity contribution is 7.10. The fourth-order valence-electron chi connectivity index (χ4n) is 2.52. The lowest BCUT2D eigenvalue weighted by Crippen LogP contribution is -2.27. The first-order chi connectivity index (χ1) is 10.2. The van der Waals surface area contributed by atoms with Gasteiger partial charge in [-0.1, -0.05) is 23.7 Å². The molecule has 0 saturated carbocycles. The van der Waals surface area contributed by atoms with E-state index in [1.165, 1.54) is 11.3 Å². The van der Waals surface area contributed by atoms with Crippen molar-refractivity contribution in [2.45, 2.75) is 25.3 Å². The van der Waals surface area contributed by atoms with E-state index in [1.807, 2.05) is 12.1 Å². The Morgan fingerprint density at radius 3 is 3.24 bits per heavy atom. The van der Waals surface area contributed by atoms with Crippen LogP contribution in [0.3, 0.4) is 0 Å². The molecule has 0 aliphatic heterocycles. The average molecular weight is 318 g/mol. The summed E-state index contributed by atoms with van der Waals surface area (Å²) in [5.74, 6) is -0.109. The quantitative estimate of drug-likeness (QED) is 0.946. The highest BCUT2D eigenvalue weighted by Gasteiger charge is 2.30. The molecule has 1 aromatic heterocycles. The van der Waals surface area contributed by atoms with Crippen LogP contribution < -0.4 is 5.32 Å². The van der Waals surface area contributed by atoms with E-state index in [0.717, 1.165) is 29.0 Å². The third-order valence-electron chi connectivity index (χ3n) is 3.63. The Morgan fingerprint density at radius 2 is 2.43 bits per heavy atom. The maximum absolute atomic E-state index is 12.3. The first-order valence-corrected chi connectivity index (χ1v) is 7.84. The van der Waals surface area contributed by atoms with Gasteiger partial charge in [-0.15, -0.1) is 11.3 Å². The highest BCUT2D eigenvalue weighted by atomic mass is 35.5. The Kier molecular flexibility index (Phi) is 3.91. The van der Waals surface area contributed by atoms with Gasteiger partial charge in [0.2, 0.25) is 5.91 Å². The van der Waals surface area contributed by atoms with Crippen LogP contribution in [0.4, 0.5) is 0 Å². The van der Waals surface area contributed by atoms with Gasteiger partial charge in [-0.2, -0.15) is 5.26 Å². The summed E-state index contributed by atoms with van der Waals surface area (Å²) in [6.45, 7) is 0.331. The Morgan fingerprint density at radius 1 is 1.57 bits per heavy atom. The van der Waals surface area contributed by atoms with Crippen LogP contribution in [-0.2, 0) is 17.8 Å². The van der Waals surface area contributed by atoms with Gasteiger partial charge in [-0.05, 0) is 24.5 Å². The number of carbonyl (C=O) groups is 1. The van der Waals surface area contributed by atoms with E-state index in [-0.39, 0.29) is 11.8 Å². The molecular weight excluding hydrogens is 306 g/mol. The number of thiazole rings is 1. The maximum Gasteiger partial charge on any atom is 0.228 e. The number of benzene rings is 1. The van der Waals surface area contributed by atoms with Gasteiger partial charge in [0.15, 0.2) is 0 Å². The van der Waals surface area contributed by atoms with E-state index in [0.29, 0.717) is 17.1 Å². The van der Waals surface area contributed by atoms with Crippen molar-refractivity contribution in [2.75, 3.05) is 0 Å². The van der Waals surface area contributed by atoms with Crippen molar-refractivity contribution in [3.8, 4) is 6.07 Å². The van der Waals surface area contributed by atoms with E-state index in [2.05, 4.69) is 10.3 Å². The Balaban J connectivity index is 1.69. The summed E-state index contributed by atoms with van der Waals surface area (Å²) in [6.07, 6.45) is 1.68. The minimum Gasteiger partial charge on any atom is -0.351 e. The predicted molar refractivity (Wildman–Crippen MR) is 81.2 cm³/mol. The van der Waals surface area contributed by atoms with Crippen molar-refractivity contribution >= 4 is 28.8 Å². The molecule has 2 aromatic rings. The summed E-state index contributed by atoms with van der Waals surface area (Å²) in [5, 5.41) is 12.3. The molecule has 1 aromatic carbocycles. The first kappa shape index (κ1) is 14.1. The van der Waals surface area contributed by atoms with Gasteiger partial charge in [0, 0.05) is 11.4 Å². The molecule has 1 unspecified atom stereocenters. The van der Waals surface area contributed by atoms with Crippen molar-refractivity contribution in [1.29, 1.82) is 5.26 Å². The molecule has 0 fully saturated rings. The van der Waals surface area contributed by atoms with Gasteiger partial charge in [0.05, 0.1) is 27.7 Å². The summed E-state index contributed by atoms with van der Waals surface area (Å²) in [6, 6.07) is 7.28. The minimum absolute atomic E-state index is 0.00331. The lowest BCUT2D eigenvalue weighted by molar-refractivity contribution is -0.122. The normalized spacial score (nSPS) is 16.3. The lowest BCUT2D eigenvalue weighted by atomic mass is 10.1. The fraction of sp³-hybridized carbons (Fsp3) is 0.267. The Hall–Kier alpha value is -1.90. The summed E-state index contributed by atoms with van der Waals surface area (Å²) in [7, 11) is 0. The van der Waals surface area contributed by atoms with Gasteiger partial charge in [0.25, 0.3) is 0 Å². The number of aryl methyl sites for hydroxylation is 1. The average Bonchev–Trinajstić information content (AvgIpc) is 3.08. The second kappa shape index (κ2) is 5.84. The van der Waals surface area contributed by atoms with E-state index >= 15 is 0 Å². The van der Waals surface area contributed by atoms with Crippen LogP contribution in [0.1, 0.15) is 34.0 Å². The fourth-order valence-corrected chi connectivity index (χ4v) is 3.73. The predicted octanol–water partition coefficient (Wildman–Crippen LogP) is 3.01. The zero-order valence-electron chi connectivity index (χ0n) is 11.1. The SMILES string of the molecule is N#Cc1cccc(CNC(=O)C2CCc3ncsc32)c1Cl. The van der Waals surface area contributed by atoms with Gasteiger partial charge < -0.3 is 5.32 Å². The van der Waals surface area contributed by atoms with Crippen molar-refractivity contribution < 1.29 is 4.79 Å². The summed E-state index contributed by atoms with van der Waals surface area (Å²) >= 11 is 7.67. The van der Waals surface area contributed by atoms with Crippen LogP contribution in [0.2, 0.25) is 5.02 Å².